The number of nitrogens with zero attached hydrogens (tertiary/aromatic N) is 2. The third kappa shape index (κ3) is 3.98. The third-order valence-electron chi connectivity index (χ3n) is 5.06. The zero-order valence-corrected chi connectivity index (χ0v) is 13.4. The summed E-state index contributed by atoms with van der Waals surface area (Å²) in [6, 6.07) is 9.92. The number of hydrogen-bond acceptors (Lipinski definition) is 3. The van der Waals surface area contributed by atoms with E-state index in [9.17, 15) is 0 Å². The van der Waals surface area contributed by atoms with E-state index in [1.807, 2.05) is 0 Å². The maximum atomic E-state index is 3.42. The molecule has 2 aliphatic rings. The lowest BCUT2D eigenvalue weighted by atomic mass is 9.94. The zero-order chi connectivity index (χ0) is 14.5. The molecule has 1 heterocycles. The molecule has 0 atom stereocenters. The molecule has 2 fully saturated rings. The zero-order valence-electron chi connectivity index (χ0n) is 13.4. The van der Waals surface area contributed by atoms with Crippen molar-refractivity contribution in [2.75, 3.05) is 38.1 Å². The fourth-order valence-corrected chi connectivity index (χ4v) is 3.68. The van der Waals surface area contributed by atoms with Gasteiger partial charge in [-0.1, -0.05) is 31.4 Å². The van der Waals surface area contributed by atoms with Crippen molar-refractivity contribution in [2.24, 2.45) is 0 Å². The Hall–Kier alpha value is -1.06. The van der Waals surface area contributed by atoms with Crippen LogP contribution in [0.5, 0.6) is 0 Å². The molecule has 0 spiro atoms. The lowest BCUT2D eigenvalue weighted by Gasteiger charge is -2.33. The maximum absolute atomic E-state index is 3.42. The van der Waals surface area contributed by atoms with Crippen molar-refractivity contribution >= 4 is 5.69 Å². The Labute approximate surface area is 129 Å². The molecule has 3 heteroatoms. The van der Waals surface area contributed by atoms with Gasteiger partial charge in [0.15, 0.2) is 0 Å². The number of benzene rings is 1. The van der Waals surface area contributed by atoms with Gasteiger partial charge >= 0.3 is 0 Å². The minimum absolute atomic E-state index is 0.744. The van der Waals surface area contributed by atoms with Crippen molar-refractivity contribution in [3.05, 3.63) is 29.8 Å². The van der Waals surface area contributed by atoms with Gasteiger partial charge in [0.05, 0.1) is 0 Å². The van der Waals surface area contributed by atoms with E-state index in [4.69, 9.17) is 0 Å². The lowest BCUT2D eigenvalue weighted by molar-refractivity contribution is 0.233. The van der Waals surface area contributed by atoms with E-state index in [2.05, 4.69) is 46.4 Å². The fraction of sp³-hybridized carbons (Fsp3) is 0.667. The van der Waals surface area contributed by atoms with E-state index >= 15 is 0 Å². The van der Waals surface area contributed by atoms with Crippen LogP contribution in [-0.2, 0) is 6.54 Å². The van der Waals surface area contributed by atoms with Crippen LogP contribution in [0, 0.1) is 0 Å². The first-order valence-corrected chi connectivity index (χ1v) is 8.58. The fourth-order valence-electron chi connectivity index (χ4n) is 3.68. The summed E-state index contributed by atoms with van der Waals surface area (Å²) in [4.78, 5) is 5.07. The second kappa shape index (κ2) is 7.28. The van der Waals surface area contributed by atoms with Gasteiger partial charge in [-0.25, -0.2) is 0 Å². The highest BCUT2D eigenvalue weighted by atomic mass is 15.2. The van der Waals surface area contributed by atoms with Gasteiger partial charge in [0.1, 0.15) is 0 Å². The first-order chi connectivity index (χ1) is 10.3. The van der Waals surface area contributed by atoms with Gasteiger partial charge in [-0.3, -0.25) is 4.90 Å². The monoisotopic (exact) mass is 287 g/mol. The summed E-state index contributed by atoms with van der Waals surface area (Å²) < 4.78 is 0. The van der Waals surface area contributed by atoms with Crippen LogP contribution in [0.25, 0.3) is 0 Å². The highest BCUT2D eigenvalue weighted by molar-refractivity contribution is 5.49. The minimum atomic E-state index is 0.744. The van der Waals surface area contributed by atoms with E-state index in [1.54, 1.807) is 0 Å². The number of rotatable bonds is 4. The molecular weight excluding hydrogens is 258 g/mol. The summed E-state index contributed by atoms with van der Waals surface area (Å²) in [6.45, 7) is 5.68. The molecule has 0 aromatic heterocycles. The molecule has 1 aromatic rings. The molecule has 3 rings (SSSR count). The quantitative estimate of drug-likeness (QED) is 0.918. The largest absolute Gasteiger partial charge is 0.372 e. The van der Waals surface area contributed by atoms with Gasteiger partial charge in [0.25, 0.3) is 0 Å². The lowest BCUT2D eigenvalue weighted by Crippen LogP contribution is -2.42. The molecule has 1 aliphatic carbocycles. The van der Waals surface area contributed by atoms with Crippen molar-refractivity contribution in [2.45, 2.75) is 44.7 Å². The normalized spacial score (nSPS) is 21.4. The Morgan fingerprint density at radius 2 is 1.90 bits per heavy atom. The molecule has 1 saturated heterocycles. The van der Waals surface area contributed by atoms with Crippen LogP contribution in [0.1, 0.15) is 37.7 Å². The van der Waals surface area contributed by atoms with Gasteiger partial charge < -0.3 is 10.2 Å². The molecule has 21 heavy (non-hydrogen) atoms. The van der Waals surface area contributed by atoms with Crippen LogP contribution in [0.2, 0.25) is 0 Å². The standard InChI is InChI=1S/C18H29N3/c1-20(17-7-3-2-4-8-17)18-9-5-6-16(14-18)15-21-12-10-19-11-13-21/h5-6,9,14,17,19H,2-4,7-8,10-13,15H2,1H3. The van der Waals surface area contributed by atoms with Crippen molar-refractivity contribution in [3.63, 3.8) is 0 Å². The average Bonchev–Trinajstić information content (AvgIpc) is 2.56. The molecule has 0 unspecified atom stereocenters. The molecular formula is C18H29N3. The Balaban J connectivity index is 1.64. The van der Waals surface area contributed by atoms with Crippen LogP contribution in [0.3, 0.4) is 0 Å². The van der Waals surface area contributed by atoms with E-state index in [0.29, 0.717) is 0 Å². The van der Waals surface area contributed by atoms with Gasteiger partial charge in [-0.05, 0) is 30.5 Å². The Morgan fingerprint density at radius 1 is 1.14 bits per heavy atom. The molecule has 0 radical (unpaired) electrons. The van der Waals surface area contributed by atoms with Crippen LogP contribution < -0.4 is 10.2 Å². The number of nitrogens with one attached hydrogen (secondary N) is 1. The third-order valence-corrected chi connectivity index (χ3v) is 5.06. The Kier molecular flexibility index (Phi) is 5.15. The predicted octanol–water partition coefficient (Wildman–Crippen LogP) is 2.86. The van der Waals surface area contributed by atoms with E-state index in [-0.39, 0.29) is 0 Å². The van der Waals surface area contributed by atoms with Crippen molar-refractivity contribution in [1.29, 1.82) is 0 Å². The molecule has 0 bridgehead atoms. The van der Waals surface area contributed by atoms with Crippen LogP contribution in [0.15, 0.2) is 24.3 Å². The molecule has 1 N–H and O–H groups in total. The molecule has 116 valence electrons. The van der Waals surface area contributed by atoms with Gasteiger partial charge in [0, 0.05) is 51.5 Å². The van der Waals surface area contributed by atoms with Crippen LogP contribution in [0.4, 0.5) is 5.69 Å². The number of anilines is 1. The first kappa shape index (κ1) is 14.9. The second-order valence-corrected chi connectivity index (χ2v) is 6.60. The van der Waals surface area contributed by atoms with E-state index in [1.165, 1.54) is 56.4 Å². The van der Waals surface area contributed by atoms with Crippen LogP contribution >= 0.6 is 0 Å². The summed E-state index contributed by atoms with van der Waals surface area (Å²) in [7, 11) is 2.28. The molecule has 3 nitrogen and oxygen atoms in total. The van der Waals surface area contributed by atoms with Gasteiger partial charge in [0.2, 0.25) is 0 Å². The summed E-state index contributed by atoms with van der Waals surface area (Å²) in [5.74, 6) is 0. The Bertz CT molecular complexity index is 434. The van der Waals surface area contributed by atoms with Crippen molar-refractivity contribution < 1.29 is 0 Å². The summed E-state index contributed by atoms with van der Waals surface area (Å²) in [5.41, 5.74) is 2.85. The van der Waals surface area contributed by atoms with E-state index < -0.39 is 0 Å². The maximum Gasteiger partial charge on any atom is 0.0369 e. The average molecular weight is 287 g/mol. The van der Waals surface area contributed by atoms with Crippen molar-refractivity contribution in [3.8, 4) is 0 Å². The SMILES string of the molecule is CN(c1cccc(CN2CCNCC2)c1)C1CCCCC1. The summed E-state index contributed by atoms with van der Waals surface area (Å²) >= 11 is 0. The summed E-state index contributed by atoms with van der Waals surface area (Å²) in [6.07, 6.45) is 6.94. The molecule has 1 aliphatic heterocycles. The number of piperazine rings is 1. The van der Waals surface area contributed by atoms with Gasteiger partial charge in [-0.15, -0.1) is 0 Å². The molecule has 0 amide bonds. The van der Waals surface area contributed by atoms with Gasteiger partial charge in [-0.2, -0.15) is 0 Å². The highest BCUT2D eigenvalue weighted by Gasteiger charge is 2.18. The second-order valence-electron chi connectivity index (χ2n) is 6.60. The minimum Gasteiger partial charge on any atom is -0.372 e. The first-order valence-electron chi connectivity index (χ1n) is 8.58. The van der Waals surface area contributed by atoms with Crippen LogP contribution in [-0.4, -0.2) is 44.2 Å². The predicted molar refractivity (Wildman–Crippen MR) is 89.9 cm³/mol. The number of hydrogen-bond donors (Lipinski definition) is 1. The summed E-state index contributed by atoms with van der Waals surface area (Å²) in [5, 5.41) is 3.42. The van der Waals surface area contributed by atoms with E-state index in [0.717, 1.165) is 25.7 Å². The molecule has 1 saturated carbocycles. The highest BCUT2D eigenvalue weighted by Crippen LogP contribution is 2.26. The Morgan fingerprint density at radius 3 is 2.67 bits per heavy atom. The van der Waals surface area contributed by atoms with Crippen molar-refractivity contribution in [1.82, 2.24) is 10.2 Å². The smallest absolute Gasteiger partial charge is 0.0369 e. The molecule has 1 aromatic carbocycles. The topological polar surface area (TPSA) is 18.5 Å².